The number of hydrogen-bond acceptors (Lipinski definition) is 6. The van der Waals surface area contributed by atoms with Crippen molar-refractivity contribution in [2.24, 2.45) is 5.73 Å². The average molecular weight is 403 g/mol. The Morgan fingerprint density at radius 1 is 1.25 bits per heavy atom. The van der Waals surface area contributed by atoms with Crippen LogP contribution in [0.25, 0.3) is 11.1 Å². The van der Waals surface area contributed by atoms with Gasteiger partial charge in [-0.05, 0) is 57.5 Å². The minimum atomic E-state index is -0.330. The fraction of sp³-hybridized carbons (Fsp3) is 0.619. The summed E-state index contributed by atoms with van der Waals surface area (Å²) in [4.78, 5) is 21.3. The van der Waals surface area contributed by atoms with E-state index >= 15 is 0 Å². The first-order chi connectivity index (χ1) is 13.7. The Balaban J connectivity index is 1.15. The van der Waals surface area contributed by atoms with Crippen molar-refractivity contribution in [3.8, 4) is 0 Å². The molecule has 0 bridgehead atoms. The SMILES string of the molecule is N[C@@H](CCCCN1CCC(c2nc3ccccc3o2)CC1)C(=O)N1CCSC1. The van der Waals surface area contributed by atoms with Crippen LogP contribution in [0.2, 0.25) is 0 Å². The van der Waals surface area contributed by atoms with Gasteiger partial charge in [-0.3, -0.25) is 4.79 Å². The normalized spacial score (nSPS) is 20.1. The van der Waals surface area contributed by atoms with E-state index in [1.165, 1.54) is 0 Å². The molecule has 2 saturated heterocycles. The Morgan fingerprint density at radius 2 is 2.07 bits per heavy atom. The molecule has 152 valence electrons. The third-order valence-corrected chi connectivity index (χ3v) is 6.83. The number of nitrogens with zero attached hydrogens (tertiary/aromatic N) is 3. The molecule has 0 spiro atoms. The summed E-state index contributed by atoms with van der Waals surface area (Å²) in [5.74, 6) is 3.29. The Kier molecular flexibility index (Phi) is 6.54. The van der Waals surface area contributed by atoms with E-state index < -0.39 is 0 Å². The van der Waals surface area contributed by atoms with Gasteiger partial charge in [0.1, 0.15) is 5.52 Å². The molecular weight excluding hydrogens is 372 g/mol. The van der Waals surface area contributed by atoms with E-state index in [0.717, 1.165) is 86.9 Å². The minimum absolute atomic E-state index is 0.129. The number of fused-ring (bicyclic) bond motifs is 1. The van der Waals surface area contributed by atoms with Crippen molar-refractivity contribution in [2.45, 2.75) is 44.1 Å². The quantitative estimate of drug-likeness (QED) is 0.718. The second kappa shape index (κ2) is 9.29. The molecule has 1 aromatic heterocycles. The molecule has 0 unspecified atom stereocenters. The fourth-order valence-electron chi connectivity index (χ4n) is 4.11. The summed E-state index contributed by atoms with van der Waals surface area (Å²) in [6.07, 6.45) is 5.09. The Morgan fingerprint density at radius 3 is 2.82 bits per heavy atom. The Bertz CT molecular complexity index is 749. The van der Waals surface area contributed by atoms with Crippen LogP contribution in [-0.4, -0.2) is 64.5 Å². The van der Waals surface area contributed by atoms with E-state index in [4.69, 9.17) is 10.2 Å². The average Bonchev–Trinajstić information content (AvgIpc) is 3.40. The fourth-order valence-corrected chi connectivity index (χ4v) is 5.07. The molecule has 0 saturated carbocycles. The molecule has 2 aliphatic heterocycles. The van der Waals surface area contributed by atoms with Crippen LogP contribution in [0.4, 0.5) is 0 Å². The van der Waals surface area contributed by atoms with E-state index in [1.807, 2.05) is 29.2 Å². The number of rotatable bonds is 7. The highest BCUT2D eigenvalue weighted by Gasteiger charge is 2.25. The van der Waals surface area contributed by atoms with Crippen molar-refractivity contribution < 1.29 is 9.21 Å². The zero-order valence-electron chi connectivity index (χ0n) is 16.4. The van der Waals surface area contributed by atoms with Crippen molar-refractivity contribution in [2.75, 3.05) is 37.8 Å². The van der Waals surface area contributed by atoms with Gasteiger partial charge in [0.25, 0.3) is 0 Å². The van der Waals surface area contributed by atoms with Gasteiger partial charge in [-0.15, -0.1) is 11.8 Å². The van der Waals surface area contributed by atoms with Crippen molar-refractivity contribution >= 4 is 28.8 Å². The van der Waals surface area contributed by atoms with Crippen molar-refractivity contribution in [3.63, 3.8) is 0 Å². The number of likely N-dealkylation sites (tertiary alicyclic amines) is 1. The second-order valence-electron chi connectivity index (χ2n) is 7.88. The lowest BCUT2D eigenvalue weighted by Crippen LogP contribution is -2.42. The van der Waals surface area contributed by atoms with Crippen LogP contribution in [0.3, 0.4) is 0 Å². The zero-order valence-corrected chi connectivity index (χ0v) is 17.2. The van der Waals surface area contributed by atoms with E-state index in [1.54, 1.807) is 11.8 Å². The molecule has 1 atom stereocenters. The topological polar surface area (TPSA) is 75.6 Å². The van der Waals surface area contributed by atoms with E-state index in [-0.39, 0.29) is 11.9 Å². The summed E-state index contributed by atoms with van der Waals surface area (Å²) in [5, 5.41) is 0. The lowest BCUT2D eigenvalue weighted by Gasteiger charge is -2.30. The van der Waals surface area contributed by atoms with E-state index in [2.05, 4.69) is 9.88 Å². The predicted molar refractivity (Wildman–Crippen MR) is 113 cm³/mol. The zero-order chi connectivity index (χ0) is 19.3. The number of carbonyl (C=O) groups is 1. The number of para-hydroxylation sites is 2. The molecule has 3 heterocycles. The van der Waals surface area contributed by atoms with Gasteiger partial charge < -0.3 is 20.0 Å². The van der Waals surface area contributed by atoms with Gasteiger partial charge in [-0.2, -0.15) is 0 Å². The number of piperidine rings is 1. The first-order valence-electron chi connectivity index (χ1n) is 10.4. The molecule has 7 heteroatoms. The maximum atomic E-state index is 12.2. The summed E-state index contributed by atoms with van der Waals surface area (Å²) >= 11 is 1.81. The third-order valence-electron chi connectivity index (χ3n) is 5.87. The standard InChI is InChI=1S/C21H30N4O2S/c22-17(21(26)25-13-14-28-15-25)5-3-4-10-24-11-8-16(9-12-24)20-23-18-6-1-2-7-19(18)27-20/h1-2,6-7,16-17H,3-5,8-15,22H2/t17-/m0/s1. The number of nitrogens with two attached hydrogens (primary N) is 1. The molecule has 0 radical (unpaired) electrons. The summed E-state index contributed by atoms with van der Waals surface area (Å²) in [5.41, 5.74) is 7.94. The molecule has 1 aromatic carbocycles. The molecule has 1 amide bonds. The number of thioether (sulfide) groups is 1. The summed E-state index contributed by atoms with van der Waals surface area (Å²) in [6, 6.07) is 7.65. The number of benzene rings is 1. The maximum Gasteiger partial charge on any atom is 0.240 e. The second-order valence-corrected chi connectivity index (χ2v) is 8.95. The smallest absolute Gasteiger partial charge is 0.240 e. The van der Waals surface area contributed by atoms with Gasteiger partial charge in [0.2, 0.25) is 5.91 Å². The number of unbranched alkanes of at least 4 members (excludes halogenated alkanes) is 1. The van der Waals surface area contributed by atoms with Gasteiger partial charge in [-0.25, -0.2) is 4.98 Å². The van der Waals surface area contributed by atoms with Crippen molar-refractivity contribution in [1.82, 2.24) is 14.8 Å². The third kappa shape index (κ3) is 4.70. The molecule has 2 N–H and O–H groups in total. The van der Waals surface area contributed by atoms with Crippen molar-refractivity contribution in [3.05, 3.63) is 30.2 Å². The van der Waals surface area contributed by atoms with Crippen LogP contribution in [0.5, 0.6) is 0 Å². The summed E-state index contributed by atoms with van der Waals surface area (Å²) < 4.78 is 5.95. The number of hydrogen-bond donors (Lipinski definition) is 1. The lowest BCUT2D eigenvalue weighted by atomic mass is 9.96. The first-order valence-corrected chi connectivity index (χ1v) is 11.6. The first kappa shape index (κ1) is 19.7. The summed E-state index contributed by atoms with van der Waals surface area (Å²) in [6.45, 7) is 4.10. The van der Waals surface area contributed by atoms with Gasteiger partial charge in [-0.1, -0.05) is 18.6 Å². The highest BCUT2D eigenvalue weighted by atomic mass is 32.2. The Labute approximate surface area is 170 Å². The van der Waals surface area contributed by atoms with Crippen LogP contribution in [-0.2, 0) is 4.79 Å². The van der Waals surface area contributed by atoms with Crippen LogP contribution in [0, 0.1) is 0 Å². The van der Waals surface area contributed by atoms with Crippen LogP contribution in [0.15, 0.2) is 28.7 Å². The monoisotopic (exact) mass is 402 g/mol. The van der Waals surface area contributed by atoms with Crippen LogP contribution >= 0.6 is 11.8 Å². The largest absolute Gasteiger partial charge is 0.440 e. The van der Waals surface area contributed by atoms with Gasteiger partial charge in [0.05, 0.1) is 11.9 Å². The molecule has 2 aliphatic rings. The van der Waals surface area contributed by atoms with Crippen LogP contribution in [0.1, 0.15) is 43.9 Å². The maximum absolute atomic E-state index is 12.2. The predicted octanol–water partition coefficient (Wildman–Crippen LogP) is 3.04. The van der Waals surface area contributed by atoms with Crippen molar-refractivity contribution in [1.29, 1.82) is 0 Å². The summed E-state index contributed by atoms with van der Waals surface area (Å²) in [7, 11) is 0. The molecular formula is C21H30N4O2S. The molecule has 4 rings (SSSR count). The number of oxazole rings is 1. The number of carbonyl (C=O) groups excluding carboxylic acids is 1. The highest BCUT2D eigenvalue weighted by Crippen LogP contribution is 2.30. The lowest BCUT2D eigenvalue weighted by molar-refractivity contribution is -0.131. The highest BCUT2D eigenvalue weighted by molar-refractivity contribution is 7.99. The van der Waals surface area contributed by atoms with Gasteiger partial charge in [0.15, 0.2) is 11.5 Å². The molecule has 2 aromatic rings. The number of aromatic nitrogens is 1. The minimum Gasteiger partial charge on any atom is -0.440 e. The molecule has 0 aliphatic carbocycles. The van der Waals surface area contributed by atoms with E-state index in [9.17, 15) is 4.79 Å². The Hall–Kier alpha value is -1.57. The van der Waals surface area contributed by atoms with Crippen LogP contribution < -0.4 is 5.73 Å². The van der Waals surface area contributed by atoms with E-state index in [0.29, 0.717) is 5.92 Å². The van der Waals surface area contributed by atoms with Gasteiger partial charge in [0, 0.05) is 18.2 Å². The number of amides is 1. The molecule has 6 nitrogen and oxygen atoms in total. The molecule has 2 fully saturated rings. The molecule has 28 heavy (non-hydrogen) atoms. The van der Waals surface area contributed by atoms with Gasteiger partial charge >= 0.3 is 0 Å².